The number of nitrogens with zero attached hydrogens (tertiary/aromatic N) is 3. The molecular formula is C18H19F4N3O3. The Labute approximate surface area is 158 Å². The molecule has 0 aliphatic heterocycles. The van der Waals surface area contributed by atoms with Crippen molar-refractivity contribution in [1.82, 2.24) is 14.8 Å². The molecule has 6 nitrogen and oxygen atoms in total. The van der Waals surface area contributed by atoms with Crippen molar-refractivity contribution < 1.29 is 32.2 Å². The molecule has 1 aliphatic rings. The van der Waals surface area contributed by atoms with E-state index in [1.165, 1.54) is 12.3 Å². The van der Waals surface area contributed by atoms with Gasteiger partial charge in [0.2, 0.25) is 0 Å². The fourth-order valence-electron chi connectivity index (χ4n) is 3.31. The second kappa shape index (κ2) is 7.40. The Balaban J connectivity index is 2.00. The summed E-state index contributed by atoms with van der Waals surface area (Å²) in [5, 5.41) is 13.8. The fraction of sp³-hybridized carbons (Fsp3) is 0.500. The summed E-state index contributed by atoms with van der Waals surface area (Å²) in [7, 11) is 0. The van der Waals surface area contributed by atoms with Crippen LogP contribution in [0.1, 0.15) is 37.6 Å². The maximum Gasteiger partial charge on any atom is 0.461 e. The van der Waals surface area contributed by atoms with Gasteiger partial charge < -0.3 is 9.84 Å². The van der Waals surface area contributed by atoms with Gasteiger partial charge in [0.1, 0.15) is 5.75 Å². The minimum absolute atomic E-state index is 0.0504. The van der Waals surface area contributed by atoms with Gasteiger partial charge in [-0.15, -0.1) is 0 Å². The molecule has 0 saturated carbocycles. The summed E-state index contributed by atoms with van der Waals surface area (Å²) in [6.07, 6.45) is -5.12. The summed E-state index contributed by atoms with van der Waals surface area (Å²) >= 11 is 0. The minimum atomic E-state index is -4.63. The number of carboxylic acid groups (broad SMARTS) is 1. The molecule has 0 amide bonds. The number of aromatic nitrogens is 3. The van der Waals surface area contributed by atoms with Gasteiger partial charge in [-0.1, -0.05) is 0 Å². The molecule has 0 aromatic carbocycles. The average Bonchev–Trinajstić information content (AvgIpc) is 3.00. The predicted molar refractivity (Wildman–Crippen MR) is 90.6 cm³/mol. The van der Waals surface area contributed by atoms with Gasteiger partial charge >= 0.3 is 18.5 Å². The zero-order valence-electron chi connectivity index (χ0n) is 15.2. The van der Waals surface area contributed by atoms with Gasteiger partial charge in [0.05, 0.1) is 17.8 Å². The van der Waals surface area contributed by atoms with Gasteiger partial charge in [0, 0.05) is 35.5 Å². The van der Waals surface area contributed by atoms with Crippen LogP contribution in [0.25, 0.3) is 11.3 Å². The van der Waals surface area contributed by atoms with E-state index in [0.29, 0.717) is 30.5 Å². The number of hydrogen-bond donors (Lipinski definition) is 1. The van der Waals surface area contributed by atoms with E-state index in [1.54, 1.807) is 4.68 Å². The first-order valence-electron chi connectivity index (χ1n) is 8.73. The number of ether oxygens (including phenoxy) is 1. The molecule has 28 heavy (non-hydrogen) atoms. The third kappa shape index (κ3) is 3.81. The first-order valence-corrected chi connectivity index (χ1v) is 8.73. The van der Waals surface area contributed by atoms with Crippen molar-refractivity contribution in [3.8, 4) is 17.0 Å². The van der Waals surface area contributed by atoms with Crippen LogP contribution in [-0.4, -0.2) is 38.4 Å². The van der Waals surface area contributed by atoms with Gasteiger partial charge in [-0.05, 0) is 32.8 Å². The van der Waals surface area contributed by atoms with Crippen LogP contribution in [0.4, 0.5) is 17.6 Å². The molecule has 2 aromatic heterocycles. The third-order valence-electron chi connectivity index (χ3n) is 4.63. The van der Waals surface area contributed by atoms with Crippen LogP contribution in [-0.2, 0) is 17.6 Å². The highest BCUT2D eigenvalue weighted by Gasteiger charge is 2.44. The molecule has 0 spiro atoms. The Hall–Kier alpha value is -2.65. The van der Waals surface area contributed by atoms with Crippen LogP contribution in [0.15, 0.2) is 18.5 Å². The molecule has 0 fully saturated rings. The Morgan fingerprint density at radius 3 is 2.68 bits per heavy atom. The summed E-state index contributed by atoms with van der Waals surface area (Å²) < 4.78 is 57.0. The van der Waals surface area contributed by atoms with Crippen molar-refractivity contribution in [2.75, 3.05) is 0 Å². The van der Waals surface area contributed by atoms with E-state index < -0.39 is 30.2 Å². The number of hydrogen-bond acceptors (Lipinski definition) is 4. The van der Waals surface area contributed by atoms with Gasteiger partial charge in [-0.2, -0.15) is 22.7 Å². The lowest BCUT2D eigenvalue weighted by atomic mass is 9.86. The van der Waals surface area contributed by atoms with Crippen LogP contribution in [0.2, 0.25) is 0 Å². The maximum absolute atomic E-state index is 13.2. The molecular weight excluding hydrogens is 382 g/mol. The molecule has 2 heterocycles. The number of carbonyl (C=O) groups is 1. The Bertz CT molecular complexity index is 883. The normalized spacial score (nSPS) is 17.1. The zero-order chi connectivity index (χ0) is 20.6. The van der Waals surface area contributed by atoms with Gasteiger partial charge in [0.25, 0.3) is 0 Å². The topological polar surface area (TPSA) is 77.2 Å². The third-order valence-corrected chi connectivity index (χ3v) is 4.63. The number of fused-ring (bicyclic) bond motifs is 1. The number of rotatable bonds is 6. The Morgan fingerprint density at radius 2 is 2.07 bits per heavy atom. The van der Waals surface area contributed by atoms with Crippen molar-refractivity contribution in [3.63, 3.8) is 0 Å². The molecule has 152 valence electrons. The summed E-state index contributed by atoms with van der Waals surface area (Å²) in [4.78, 5) is 15.2. The standard InChI is InChI=1S/C18H19F4N3O3/c1-9(2)25-14-6-10(16(26)27)3-4-13(14)15(24-25)11-5-12(8-23-7-11)28-18(21,22)17(19)20/h5,7-10,17H,3-4,6H2,1-2H3,(H,26,27). The first kappa shape index (κ1) is 20.1. The highest BCUT2D eigenvalue weighted by atomic mass is 19.3. The SMILES string of the molecule is CC(C)n1nc(-c2cncc(OC(F)(F)C(F)F)c2)c2c1CC(C(=O)O)CC2. The van der Waals surface area contributed by atoms with E-state index in [2.05, 4.69) is 14.8 Å². The van der Waals surface area contributed by atoms with Crippen molar-refractivity contribution >= 4 is 5.97 Å². The maximum atomic E-state index is 13.2. The van der Waals surface area contributed by atoms with E-state index in [9.17, 15) is 27.5 Å². The molecule has 0 radical (unpaired) electrons. The fourth-order valence-corrected chi connectivity index (χ4v) is 3.31. The molecule has 1 N–H and O–H groups in total. The smallest absolute Gasteiger partial charge is 0.461 e. The van der Waals surface area contributed by atoms with Gasteiger partial charge in [-0.3, -0.25) is 14.5 Å². The summed E-state index contributed by atoms with van der Waals surface area (Å²) in [5.41, 5.74) is 2.39. The second-order valence-corrected chi connectivity index (χ2v) is 6.96. The number of pyridine rings is 1. The molecule has 0 saturated heterocycles. The first-order chi connectivity index (χ1) is 13.1. The second-order valence-electron chi connectivity index (χ2n) is 6.96. The number of halogens is 4. The van der Waals surface area contributed by atoms with Crippen LogP contribution < -0.4 is 4.74 Å². The highest BCUT2D eigenvalue weighted by molar-refractivity contribution is 5.72. The van der Waals surface area contributed by atoms with Crippen molar-refractivity contribution in [2.24, 2.45) is 5.92 Å². The van der Waals surface area contributed by atoms with Crippen molar-refractivity contribution in [3.05, 3.63) is 29.7 Å². The molecule has 10 heteroatoms. The lowest BCUT2D eigenvalue weighted by Crippen LogP contribution is -2.33. The molecule has 2 aromatic rings. The molecule has 1 aliphatic carbocycles. The molecule has 3 rings (SSSR count). The lowest BCUT2D eigenvalue weighted by molar-refractivity contribution is -0.253. The largest absolute Gasteiger partial charge is 0.481 e. The van der Waals surface area contributed by atoms with E-state index in [1.807, 2.05) is 13.8 Å². The van der Waals surface area contributed by atoms with Crippen molar-refractivity contribution in [1.29, 1.82) is 0 Å². The number of carboxylic acids is 1. The van der Waals surface area contributed by atoms with Crippen LogP contribution >= 0.6 is 0 Å². The molecule has 0 bridgehead atoms. The predicted octanol–water partition coefficient (Wildman–Crippen LogP) is 3.95. The Morgan fingerprint density at radius 1 is 1.36 bits per heavy atom. The summed E-state index contributed by atoms with van der Waals surface area (Å²) in [5.74, 6) is -1.91. The Kier molecular flexibility index (Phi) is 5.31. The van der Waals surface area contributed by atoms with Gasteiger partial charge in [-0.25, -0.2) is 0 Å². The quantitative estimate of drug-likeness (QED) is 0.742. The van der Waals surface area contributed by atoms with E-state index in [-0.39, 0.29) is 6.04 Å². The zero-order valence-corrected chi connectivity index (χ0v) is 15.2. The summed E-state index contributed by atoms with van der Waals surface area (Å²) in [6.45, 7) is 3.78. The van der Waals surface area contributed by atoms with Gasteiger partial charge in [0.15, 0.2) is 0 Å². The number of alkyl halides is 4. The lowest BCUT2D eigenvalue weighted by Gasteiger charge is -2.21. The summed E-state index contributed by atoms with van der Waals surface area (Å²) in [6, 6.07) is 1.13. The average molecular weight is 401 g/mol. The van der Waals surface area contributed by atoms with Crippen LogP contribution in [0, 0.1) is 5.92 Å². The molecule has 1 unspecified atom stereocenters. The van der Waals surface area contributed by atoms with E-state index in [4.69, 9.17) is 0 Å². The number of aliphatic carboxylic acids is 1. The van der Waals surface area contributed by atoms with Crippen molar-refractivity contribution in [2.45, 2.75) is 51.7 Å². The monoisotopic (exact) mass is 401 g/mol. The molecule has 1 atom stereocenters. The van der Waals surface area contributed by atoms with Crippen LogP contribution in [0.5, 0.6) is 5.75 Å². The van der Waals surface area contributed by atoms with E-state index in [0.717, 1.165) is 17.5 Å². The van der Waals surface area contributed by atoms with Crippen LogP contribution in [0.3, 0.4) is 0 Å². The highest BCUT2D eigenvalue weighted by Crippen LogP contribution is 2.36. The van der Waals surface area contributed by atoms with E-state index >= 15 is 0 Å². The minimum Gasteiger partial charge on any atom is -0.481 e.